The number of fused-ring (bicyclic) bond motifs is 1. The number of nitrogens with zero attached hydrogens (tertiary/aromatic N) is 2. The Morgan fingerprint density at radius 3 is 2.04 bits per heavy atom. The number of hydrogen-bond acceptors (Lipinski definition) is 8. The molecule has 2 heterocycles. The molecule has 0 spiro atoms. The molecule has 3 aliphatic rings. The van der Waals surface area contributed by atoms with Crippen molar-refractivity contribution in [1.82, 2.24) is 41.7 Å². The number of likely N-dealkylation sites (tertiary alicyclic amines) is 2. The van der Waals surface area contributed by atoms with E-state index in [4.69, 9.17) is 0 Å². The van der Waals surface area contributed by atoms with Crippen LogP contribution in [0.25, 0.3) is 0 Å². The number of carbonyl (C=O) groups is 6. The second-order valence-electron chi connectivity index (χ2n) is 16.2. The molecule has 2 aromatic carbocycles. The summed E-state index contributed by atoms with van der Waals surface area (Å²) in [7, 11) is 3.38. The van der Waals surface area contributed by atoms with Crippen LogP contribution in [0.3, 0.4) is 0 Å². The number of nitrogens with one attached hydrogen (secondary N) is 6. The van der Waals surface area contributed by atoms with Gasteiger partial charge in [-0.25, -0.2) is 0 Å². The first kappa shape index (κ1) is 47.1. The Balaban J connectivity index is 0.00000435. The quantitative estimate of drug-likeness (QED) is 0.189. The molecule has 0 radical (unpaired) electrons. The summed E-state index contributed by atoms with van der Waals surface area (Å²) in [6, 6.07) is 10.9. The molecule has 5 rings (SSSR count). The van der Waals surface area contributed by atoms with Gasteiger partial charge in [-0.2, -0.15) is 0 Å². The number of aryl methyl sites for hydroxylation is 1. The van der Waals surface area contributed by atoms with Gasteiger partial charge >= 0.3 is 0 Å². The van der Waals surface area contributed by atoms with Crippen molar-refractivity contribution in [2.45, 2.75) is 109 Å². The number of hydrogen-bond donors (Lipinski definition) is 6. The van der Waals surface area contributed by atoms with Gasteiger partial charge in [0.05, 0.1) is 18.1 Å². The van der Waals surface area contributed by atoms with Gasteiger partial charge in [0.2, 0.25) is 23.6 Å². The second kappa shape index (κ2) is 20.4. The van der Waals surface area contributed by atoms with E-state index in [1.165, 1.54) is 10.5 Å². The van der Waals surface area contributed by atoms with Crippen LogP contribution in [0, 0.1) is 5.41 Å². The van der Waals surface area contributed by atoms with Crippen molar-refractivity contribution in [3.8, 4) is 0 Å². The minimum atomic E-state index is -0.930. The molecule has 2 aliphatic heterocycles. The van der Waals surface area contributed by atoms with Crippen molar-refractivity contribution in [3.05, 3.63) is 70.8 Å². The molecule has 1 aliphatic carbocycles. The lowest BCUT2D eigenvalue weighted by Crippen LogP contribution is -2.59. The highest BCUT2D eigenvalue weighted by molar-refractivity contribution is 5.99. The van der Waals surface area contributed by atoms with Crippen molar-refractivity contribution in [3.63, 3.8) is 0 Å². The molecule has 0 bridgehead atoms. The normalized spacial score (nSPS) is 21.7. The summed E-state index contributed by atoms with van der Waals surface area (Å²) in [6.45, 7) is 10.1. The summed E-state index contributed by atoms with van der Waals surface area (Å²) in [6.07, 6.45) is 3.47. The van der Waals surface area contributed by atoms with Gasteiger partial charge in [-0.15, -0.1) is 24.8 Å². The van der Waals surface area contributed by atoms with Gasteiger partial charge in [0.1, 0.15) is 12.1 Å². The van der Waals surface area contributed by atoms with Crippen LogP contribution in [0.4, 0.5) is 0 Å². The molecular weight excluding hydrogens is 771 g/mol. The van der Waals surface area contributed by atoms with E-state index < -0.39 is 41.4 Å². The van der Waals surface area contributed by atoms with E-state index in [0.29, 0.717) is 30.6 Å². The molecule has 2 fully saturated rings. The van der Waals surface area contributed by atoms with Crippen LogP contribution in [0.1, 0.15) is 98.2 Å². The van der Waals surface area contributed by atoms with E-state index in [0.717, 1.165) is 24.8 Å². The second-order valence-corrected chi connectivity index (χ2v) is 16.2. The summed E-state index contributed by atoms with van der Waals surface area (Å²) in [4.78, 5) is 83.9. The fourth-order valence-corrected chi connectivity index (χ4v) is 7.55. The van der Waals surface area contributed by atoms with Crippen LogP contribution in [0.2, 0.25) is 0 Å². The average Bonchev–Trinajstić information content (AvgIpc) is 3.82. The standard InChI is InChI=1S/C41H58N8O6.2ClH/c1-24(42-6)35(50)44-29-19-20-48(22-29)39(54)28-17-15-27(16-18-28)37(52)45-30-21-33(38(53)46-32-14-10-12-26-11-8-9-13-31(26)32)49(23-30)40(55)34(41(3,4)5)47-36(51)25(2)43-7;;/h8-9,11,13,15-18,24-25,29-30,32-34,42-43H,10,12,14,19-23H2,1-7H3,(H,44,50)(H,45,52)(H,46,53)(H,47,51);2*1H/t24-,25-,29+,30-,32+,33-,34+;;/m0../s1. The van der Waals surface area contributed by atoms with E-state index in [1.54, 1.807) is 57.1 Å². The average molecular weight is 832 g/mol. The van der Waals surface area contributed by atoms with Crippen LogP contribution < -0.4 is 31.9 Å². The van der Waals surface area contributed by atoms with Gasteiger partial charge in [0, 0.05) is 42.8 Å². The highest BCUT2D eigenvalue weighted by Crippen LogP contribution is 2.31. The molecule has 14 nitrogen and oxygen atoms in total. The zero-order valence-corrected chi connectivity index (χ0v) is 35.6. The summed E-state index contributed by atoms with van der Waals surface area (Å²) < 4.78 is 0. The first-order valence-electron chi connectivity index (χ1n) is 19.4. The first-order chi connectivity index (χ1) is 26.1. The van der Waals surface area contributed by atoms with E-state index in [2.05, 4.69) is 38.0 Å². The summed E-state index contributed by atoms with van der Waals surface area (Å²) >= 11 is 0. The van der Waals surface area contributed by atoms with Crippen LogP contribution in [-0.4, -0.2) is 115 Å². The molecule has 7 atom stereocenters. The molecule has 6 N–H and O–H groups in total. The van der Waals surface area contributed by atoms with Crippen molar-refractivity contribution in [1.29, 1.82) is 0 Å². The SMILES string of the molecule is CN[C@@H](C)C(=O)N[C@@H]1CCN(C(=O)c2ccc(C(=O)N[C@H]3C[C@@H](C(=O)N[C@@H]4CCCc5ccccc54)N(C(=O)[C@@H](NC(=O)[C@H](C)NC)C(C)(C)C)C3)cc2)C1.Cl.Cl. The van der Waals surface area contributed by atoms with Crippen LogP contribution in [0.5, 0.6) is 0 Å². The fourth-order valence-electron chi connectivity index (χ4n) is 7.55. The Labute approximate surface area is 348 Å². The zero-order chi connectivity index (χ0) is 40.0. The molecule has 0 unspecified atom stereocenters. The predicted octanol–water partition coefficient (Wildman–Crippen LogP) is 2.50. The highest BCUT2D eigenvalue weighted by Gasteiger charge is 2.46. The Morgan fingerprint density at radius 2 is 1.39 bits per heavy atom. The molecule has 0 saturated carbocycles. The number of rotatable bonds is 12. The van der Waals surface area contributed by atoms with E-state index >= 15 is 0 Å². The maximum atomic E-state index is 14.4. The van der Waals surface area contributed by atoms with E-state index in [1.807, 2.05) is 39.0 Å². The lowest BCUT2D eigenvalue weighted by atomic mass is 9.85. The maximum Gasteiger partial charge on any atom is 0.253 e. The van der Waals surface area contributed by atoms with E-state index in [-0.39, 0.29) is 79.5 Å². The molecule has 57 heavy (non-hydrogen) atoms. The van der Waals surface area contributed by atoms with Gasteiger partial charge in [0.25, 0.3) is 11.8 Å². The topological polar surface area (TPSA) is 181 Å². The van der Waals surface area contributed by atoms with Crippen molar-refractivity contribution in [2.75, 3.05) is 33.7 Å². The fraction of sp³-hybridized carbons (Fsp3) is 0.561. The Hall–Kier alpha value is -4.24. The Kier molecular flexibility index (Phi) is 16.9. The molecule has 314 valence electrons. The summed E-state index contributed by atoms with van der Waals surface area (Å²) in [5, 5.41) is 17.9. The molecule has 2 saturated heterocycles. The minimum Gasteiger partial charge on any atom is -0.350 e. The maximum absolute atomic E-state index is 14.4. The predicted molar refractivity (Wildman–Crippen MR) is 223 cm³/mol. The van der Waals surface area contributed by atoms with Gasteiger partial charge in [0.15, 0.2) is 0 Å². The molecule has 6 amide bonds. The van der Waals surface area contributed by atoms with Gasteiger partial charge in [-0.1, -0.05) is 45.0 Å². The third-order valence-corrected chi connectivity index (χ3v) is 11.2. The lowest BCUT2D eigenvalue weighted by molar-refractivity contribution is -0.144. The largest absolute Gasteiger partial charge is 0.350 e. The molecular formula is C41H60Cl2N8O6. The monoisotopic (exact) mass is 830 g/mol. The number of likely N-dealkylation sites (N-methyl/N-ethyl adjacent to an activating group) is 2. The van der Waals surface area contributed by atoms with Crippen molar-refractivity contribution < 1.29 is 28.8 Å². The third-order valence-electron chi connectivity index (χ3n) is 11.2. The molecule has 0 aromatic heterocycles. The number of halogens is 2. The summed E-state index contributed by atoms with van der Waals surface area (Å²) in [5.41, 5.74) is 2.34. The third kappa shape index (κ3) is 11.5. The van der Waals surface area contributed by atoms with Crippen molar-refractivity contribution >= 4 is 60.3 Å². The Morgan fingerprint density at radius 1 is 0.754 bits per heavy atom. The Bertz CT molecular complexity index is 1760. The van der Waals surface area contributed by atoms with E-state index in [9.17, 15) is 28.8 Å². The van der Waals surface area contributed by atoms with Crippen LogP contribution in [0.15, 0.2) is 48.5 Å². The number of benzene rings is 2. The first-order valence-corrected chi connectivity index (χ1v) is 19.4. The number of carbonyl (C=O) groups excluding carboxylic acids is 6. The zero-order valence-electron chi connectivity index (χ0n) is 34.0. The van der Waals surface area contributed by atoms with Gasteiger partial charge in [-0.3, -0.25) is 28.8 Å². The van der Waals surface area contributed by atoms with Crippen LogP contribution >= 0.6 is 24.8 Å². The van der Waals surface area contributed by atoms with Gasteiger partial charge < -0.3 is 41.7 Å². The molecule has 2 aromatic rings. The van der Waals surface area contributed by atoms with Gasteiger partial charge in [-0.05, 0) is 101 Å². The van der Waals surface area contributed by atoms with Crippen molar-refractivity contribution in [2.24, 2.45) is 5.41 Å². The smallest absolute Gasteiger partial charge is 0.253 e. The highest BCUT2D eigenvalue weighted by atomic mass is 35.5. The lowest BCUT2D eigenvalue weighted by Gasteiger charge is -2.36. The molecule has 16 heteroatoms. The van der Waals surface area contributed by atoms with Crippen LogP contribution in [-0.2, 0) is 25.6 Å². The summed E-state index contributed by atoms with van der Waals surface area (Å²) in [5.74, 6) is -1.74. The number of amides is 6. The minimum absolute atomic E-state index is 0.